The van der Waals surface area contributed by atoms with Crippen LogP contribution in [0.15, 0.2) is 24.4 Å². The first-order valence-corrected chi connectivity index (χ1v) is 4.87. The molecule has 0 saturated heterocycles. The number of urea groups is 1. The van der Waals surface area contributed by atoms with Crippen molar-refractivity contribution < 1.29 is 4.79 Å². The van der Waals surface area contributed by atoms with Gasteiger partial charge in [-0.05, 0) is 32.9 Å². The van der Waals surface area contributed by atoms with Crippen LogP contribution >= 0.6 is 0 Å². The summed E-state index contributed by atoms with van der Waals surface area (Å²) in [5.41, 5.74) is -0.236. The summed E-state index contributed by atoms with van der Waals surface area (Å²) in [6.45, 7) is 5.82. The lowest BCUT2D eigenvalue weighted by Gasteiger charge is -2.25. The highest BCUT2D eigenvalue weighted by Crippen LogP contribution is 2.08. The lowest BCUT2D eigenvalue weighted by molar-refractivity contribution is 0.239. The Bertz CT molecular complexity index is 329. The number of amides is 2. The first-order chi connectivity index (χ1) is 6.90. The molecule has 0 saturated carbocycles. The minimum atomic E-state index is -0.236. The molecule has 4 heteroatoms. The molecule has 0 unspecified atom stereocenters. The highest BCUT2D eigenvalue weighted by Gasteiger charge is 2.18. The van der Waals surface area contributed by atoms with Gasteiger partial charge in [0.05, 0.1) is 0 Å². The number of carbonyl (C=O) groups excluding carboxylic acids is 1. The maximum atomic E-state index is 11.7. The van der Waals surface area contributed by atoms with E-state index in [2.05, 4.69) is 10.3 Å². The van der Waals surface area contributed by atoms with E-state index in [1.807, 2.05) is 32.9 Å². The normalized spacial score (nSPS) is 10.9. The van der Waals surface area contributed by atoms with Crippen LogP contribution in [0.3, 0.4) is 0 Å². The van der Waals surface area contributed by atoms with Crippen molar-refractivity contribution in [1.29, 1.82) is 0 Å². The largest absolute Gasteiger partial charge is 0.333 e. The predicted molar refractivity (Wildman–Crippen MR) is 60.9 cm³/mol. The molecular formula is C11H17N3O. The summed E-state index contributed by atoms with van der Waals surface area (Å²) in [7, 11) is 1.70. The smallest absolute Gasteiger partial charge is 0.323 e. The molecule has 0 radical (unpaired) electrons. The molecule has 0 bridgehead atoms. The molecule has 1 heterocycles. The second kappa shape index (κ2) is 4.29. The Morgan fingerprint density at radius 2 is 2.07 bits per heavy atom. The Balaban J connectivity index is 2.70. The zero-order valence-electron chi connectivity index (χ0n) is 9.61. The topological polar surface area (TPSA) is 45.2 Å². The molecule has 0 aliphatic heterocycles. The summed E-state index contributed by atoms with van der Waals surface area (Å²) in [5.74, 6) is 0.638. The highest BCUT2D eigenvalue weighted by molar-refractivity contribution is 5.90. The molecule has 1 rings (SSSR count). The SMILES string of the molecule is CN(C(=O)NC(C)(C)C)c1ccccn1. The first kappa shape index (κ1) is 11.5. The van der Waals surface area contributed by atoms with Crippen molar-refractivity contribution in [2.45, 2.75) is 26.3 Å². The Hall–Kier alpha value is -1.58. The maximum absolute atomic E-state index is 11.7. The average molecular weight is 207 g/mol. The summed E-state index contributed by atoms with van der Waals surface area (Å²) in [5, 5.41) is 2.86. The average Bonchev–Trinajstić information content (AvgIpc) is 2.15. The maximum Gasteiger partial charge on any atom is 0.323 e. The number of nitrogens with one attached hydrogen (secondary N) is 1. The fourth-order valence-electron chi connectivity index (χ4n) is 1.06. The van der Waals surface area contributed by atoms with Crippen LogP contribution in [0.4, 0.5) is 10.6 Å². The van der Waals surface area contributed by atoms with Crippen LogP contribution in [0.25, 0.3) is 0 Å². The second-order valence-corrected chi connectivity index (χ2v) is 4.43. The summed E-state index contributed by atoms with van der Waals surface area (Å²) in [6.07, 6.45) is 1.66. The minimum absolute atomic E-state index is 0.152. The Morgan fingerprint density at radius 3 is 2.53 bits per heavy atom. The van der Waals surface area contributed by atoms with E-state index in [-0.39, 0.29) is 11.6 Å². The zero-order chi connectivity index (χ0) is 11.5. The molecule has 0 aliphatic carbocycles. The molecule has 82 valence electrons. The third-order valence-corrected chi connectivity index (χ3v) is 1.78. The van der Waals surface area contributed by atoms with Crippen molar-refractivity contribution in [2.24, 2.45) is 0 Å². The van der Waals surface area contributed by atoms with Gasteiger partial charge in [-0.3, -0.25) is 4.90 Å². The number of pyridine rings is 1. The fourth-order valence-corrected chi connectivity index (χ4v) is 1.06. The monoisotopic (exact) mass is 207 g/mol. The van der Waals surface area contributed by atoms with Gasteiger partial charge in [-0.15, -0.1) is 0 Å². The summed E-state index contributed by atoms with van der Waals surface area (Å²) in [6, 6.07) is 5.31. The van der Waals surface area contributed by atoms with Crippen LogP contribution < -0.4 is 10.2 Å². The Kier molecular flexibility index (Phi) is 3.29. The summed E-state index contributed by atoms with van der Waals surface area (Å²) in [4.78, 5) is 17.3. The van der Waals surface area contributed by atoms with Gasteiger partial charge < -0.3 is 5.32 Å². The molecule has 0 spiro atoms. The van der Waals surface area contributed by atoms with Gasteiger partial charge in [-0.25, -0.2) is 9.78 Å². The molecule has 0 aromatic carbocycles. The third kappa shape index (κ3) is 3.58. The number of nitrogens with zero attached hydrogens (tertiary/aromatic N) is 2. The van der Waals surface area contributed by atoms with E-state index in [0.29, 0.717) is 5.82 Å². The predicted octanol–water partition coefficient (Wildman–Crippen LogP) is 2.03. The van der Waals surface area contributed by atoms with Crippen LogP contribution in [0.1, 0.15) is 20.8 Å². The van der Waals surface area contributed by atoms with Crippen LogP contribution in [0.2, 0.25) is 0 Å². The van der Waals surface area contributed by atoms with Crippen molar-refractivity contribution in [1.82, 2.24) is 10.3 Å². The van der Waals surface area contributed by atoms with Gasteiger partial charge in [0.1, 0.15) is 5.82 Å². The summed E-state index contributed by atoms with van der Waals surface area (Å²) >= 11 is 0. The number of carbonyl (C=O) groups is 1. The fraction of sp³-hybridized carbons (Fsp3) is 0.455. The number of anilines is 1. The van der Waals surface area contributed by atoms with E-state index in [4.69, 9.17) is 0 Å². The lowest BCUT2D eigenvalue weighted by atomic mass is 10.1. The van der Waals surface area contributed by atoms with E-state index in [1.165, 1.54) is 4.90 Å². The quantitative estimate of drug-likeness (QED) is 0.765. The molecule has 0 atom stereocenters. The standard InChI is InChI=1S/C11H17N3O/c1-11(2,3)13-10(15)14(4)9-7-5-6-8-12-9/h5-8H,1-4H3,(H,13,15). The highest BCUT2D eigenvalue weighted by atomic mass is 16.2. The molecule has 4 nitrogen and oxygen atoms in total. The van der Waals surface area contributed by atoms with Gasteiger partial charge in [0.25, 0.3) is 0 Å². The minimum Gasteiger partial charge on any atom is -0.333 e. The number of hydrogen-bond donors (Lipinski definition) is 1. The van der Waals surface area contributed by atoms with Crippen molar-refractivity contribution in [3.05, 3.63) is 24.4 Å². The number of rotatable bonds is 1. The molecule has 1 aromatic heterocycles. The Morgan fingerprint density at radius 1 is 1.40 bits per heavy atom. The van der Waals surface area contributed by atoms with Gasteiger partial charge >= 0.3 is 6.03 Å². The van der Waals surface area contributed by atoms with E-state index in [1.54, 1.807) is 19.3 Å². The van der Waals surface area contributed by atoms with Crippen LogP contribution in [0, 0.1) is 0 Å². The number of hydrogen-bond acceptors (Lipinski definition) is 2. The molecule has 1 N–H and O–H groups in total. The lowest BCUT2D eigenvalue weighted by Crippen LogP contribution is -2.47. The van der Waals surface area contributed by atoms with E-state index < -0.39 is 0 Å². The van der Waals surface area contributed by atoms with Gasteiger partial charge in [-0.2, -0.15) is 0 Å². The number of aromatic nitrogens is 1. The van der Waals surface area contributed by atoms with Gasteiger partial charge in [-0.1, -0.05) is 6.07 Å². The first-order valence-electron chi connectivity index (χ1n) is 4.87. The van der Waals surface area contributed by atoms with Gasteiger partial charge in [0, 0.05) is 18.8 Å². The van der Waals surface area contributed by atoms with Crippen molar-refractivity contribution in [3.8, 4) is 0 Å². The molecule has 0 aliphatic rings. The molecule has 15 heavy (non-hydrogen) atoms. The third-order valence-electron chi connectivity index (χ3n) is 1.78. The van der Waals surface area contributed by atoms with E-state index in [9.17, 15) is 4.79 Å². The Labute approximate surface area is 90.3 Å². The van der Waals surface area contributed by atoms with Gasteiger partial charge in [0.2, 0.25) is 0 Å². The van der Waals surface area contributed by atoms with Gasteiger partial charge in [0.15, 0.2) is 0 Å². The van der Waals surface area contributed by atoms with Crippen molar-refractivity contribution in [2.75, 3.05) is 11.9 Å². The summed E-state index contributed by atoms with van der Waals surface area (Å²) < 4.78 is 0. The van der Waals surface area contributed by atoms with Crippen LogP contribution in [0.5, 0.6) is 0 Å². The molecule has 1 aromatic rings. The van der Waals surface area contributed by atoms with Crippen LogP contribution in [-0.4, -0.2) is 23.6 Å². The molecular weight excluding hydrogens is 190 g/mol. The van der Waals surface area contributed by atoms with E-state index >= 15 is 0 Å². The zero-order valence-corrected chi connectivity index (χ0v) is 9.61. The van der Waals surface area contributed by atoms with Crippen LogP contribution in [-0.2, 0) is 0 Å². The molecule has 2 amide bonds. The second-order valence-electron chi connectivity index (χ2n) is 4.43. The van der Waals surface area contributed by atoms with Crippen molar-refractivity contribution in [3.63, 3.8) is 0 Å². The van der Waals surface area contributed by atoms with E-state index in [0.717, 1.165) is 0 Å². The molecule has 0 fully saturated rings. The van der Waals surface area contributed by atoms with Crippen molar-refractivity contribution >= 4 is 11.8 Å².